The van der Waals surface area contributed by atoms with Crippen molar-refractivity contribution in [2.45, 2.75) is 19.5 Å². The van der Waals surface area contributed by atoms with Crippen LogP contribution in [0.2, 0.25) is 0 Å². The predicted octanol–water partition coefficient (Wildman–Crippen LogP) is 3.43. The number of benzene rings is 1. The molecule has 0 aliphatic heterocycles. The number of nitrogens with zero attached hydrogens (tertiary/aromatic N) is 1. The van der Waals surface area contributed by atoms with Gasteiger partial charge in [0.1, 0.15) is 10.8 Å². The first-order valence-corrected chi connectivity index (χ1v) is 7.12. The second kappa shape index (κ2) is 6.78. The summed E-state index contributed by atoms with van der Waals surface area (Å²) in [6, 6.07) is 7.04. The van der Waals surface area contributed by atoms with E-state index < -0.39 is 24.5 Å². The van der Waals surface area contributed by atoms with Crippen LogP contribution in [0.4, 0.5) is 18.2 Å². The fraction of sp³-hybridized carbons (Fsp3) is 0.214. The number of ether oxygens (including phenoxy) is 1. The molecule has 0 bridgehead atoms. The lowest BCUT2D eigenvalue weighted by molar-refractivity contribution is -0.132. The van der Waals surface area contributed by atoms with Crippen molar-refractivity contribution >= 4 is 28.4 Å². The molecule has 0 fully saturated rings. The fourth-order valence-electron chi connectivity index (χ4n) is 1.71. The largest absolute Gasteiger partial charge is 0.427 e. The molecule has 0 saturated heterocycles. The summed E-state index contributed by atoms with van der Waals surface area (Å²) in [7, 11) is 0. The van der Waals surface area contributed by atoms with E-state index in [1.807, 2.05) is 0 Å². The maximum absolute atomic E-state index is 12.3. The summed E-state index contributed by atoms with van der Waals surface area (Å²) >= 11 is 0.761. The summed E-state index contributed by atoms with van der Waals surface area (Å²) in [5.74, 6) is -0.866. The van der Waals surface area contributed by atoms with E-state index in [0.717, 1.165) is 11.5 Å². The Labute approximate surface area is 133 Å². The SMILES string of the molecule is CC(=O)Oc1cccc(C(=O)Nc2cc(CC(F)(F)F)ns2)c1. The molecule has 0 aliphatic rings. The average Bonchev–Trinajstić information content (AvgIpc) is 2.83. The normalized spacial score (nSPS) is 11.1. The number of nitrogens with one attached hydrogen (secondary N) is 1. The molecule has 2 rings (SSSR count). The third-order valence-corrected chi connectivity index (χ3v) is 3.28. The molecule has 23 heavy (non-hydrogen) atoms. The molecule has 1 aromatic carbocycles. The Balaban J connectivity index is 2.06. The molecular formula is C14H11F3N2O3S. The summed E-state index contributed by atoms with van der Waals surface area (Å²) in [5.41, 5.74) is 0.0426. The van der Waals surface area contributed by atoms with Crippen molar-refractivity contribution < 1.29 is 27.5 Å². The van der Waals surface area contributed by atoms with Crippen LogP contribution in [0.3, 0.4) is 0 Å². The number of alkyl halides is 3. The molecule has 1 aromatic heterocycles. The van der Waals surface area contributed by atoms with E-state index in [-0.39, 0.29) is 22.0 Å². The number of esters is 1. The molecule has 1 amide bonds. The van der Waals surface area contributed by atoms with Crippen LogP contribution in [0, 0.1) is 0 Å². The molecule has 0 unspecified atom stereocenters. The summed E-state index contributed by atoms with van der Waals surface area (Å²) in [5, 5.41) is 2.66. The second-order valence-electron chi connectivity index (χ2n) is 4.55. The number of rotatable bonds is 4. The van der Waals surface area contributed by atoms with E-state index in [0.29, 0.717) is 0 Å². The van der Waals surface area contributed by atoms with Gasteiger partial charge in [-0.15, -0.1) is 0 Å². The number of carbonyl (C=O) groups is 2. The van der Waals surface area contributed by atoms with Gasteiger partial charge in [-0.2, -0.15) is 17.5 Å². The van der Waals surface area contributed by atoms with Gasteiger partial charge in [-0.3, -0.25) is 9.59 Å². The topological polar surface area (TPSA) is 68.3 Å². The summed E-state index contributed by atoms with van der Waals surface area (Å²) in [4.78, 5) is 22.9. The van der Waals surface area contributed by atoms with Crippen LogP contribution in [-0.2, 0) is 11.2 Å². The smallest absolute Gasteiger partial charge is 0.394 e. The summed E-state index contributed by atoms with van der Waals surface area (Å²) in [6.07, 6.45) is -5.50. The van der Waals surface area contributed by atoms with Crippen molar-refractivity contribution in [3.8, 4) is 5.75 Å². The van der Waals surface area contributed by atoms with Crippen LogP contribution in [0.25, 0.3) is 0 Å². The third kappa shape index (κ3) is 5.37. The highest BCUT2D eigenvalue weighted by Gasteiger charge is 2.29. The fourth-order valence-corrected chi connectivity index (χ4v) is 2.37. The number of hydrogen-bond donors (Lipinski definition) is 1. The van der Waals surface area contributed by atoms with Crippen LogP contribution in [0.1, 0.15) is 23.0 Å². The highest BCUT2D eigenvalue weighted by Crippen LogP contribution is 2.25. The number of anilines is 1. The highest BCUT2D eigenvalue weighted by atomic mass is 32.1. The van der Waals surface area contributed by atoms with E-state index in [4.69, 9.17) is 4.74 Å². The zero-order valence-electron chi connectivity index (χ0n) is 11.8. The minimum Gasteiger partial charge on any atom is -0.427 e. The molecule has 0 atom stereocenters. The van der Waals surface area contributed by atoms with Crippen molar-refractivity contribution in [1.29, 1.82) is 0 Å². The van der Waals surface area contributed by atoms with Gasteiger partial charge in [0, 0.05) is 12.5 Å². The Morgan fingerprint density at radius 1 is 1.30 bits per heavy atom. The molecule has 0 spiro atoms. The zero-order valence-corrected chi connectivity index (χ0v) is 12.6. The van der Waals surface area contributed by atoms with Crippen LogP contribution in [0.15, 0.2) is 30.3 Å². The molecule has 0 aliphatic carbocycles. The Morgan fingerprint density at radius 2 is 2.04 bits per heavy atom. The Morgan fingerprint density at radius 3 is 2.70 bits per heavy atom. The van der Waals surface area contributed by atoms with Gasteiger partial charge in [-0.25, -0.2) is 0 Å². The van der Waals surface area contributed by atoms with Crippen LogP contribution < -0.4 is 10.1 Å². The van der Waals surface area contributed by atoms with Crippen molar-refractivity contribution in [2.75, 3.05) is 5.32 Å². The van der Waals surface area contributed by atoms with Crippen LogP contribution in [-0.4, -0.2) is 22.4 Å². The lowest BCUT2D eigenvalue weighted by Crippen LogP contribution is -2.12. The second-order valence-corrected chi connectivity index (χ2v) is 5.36. The molecule has 5 nitrogen and oxygen atoms in total. The Bertz CT molecular complexity index is 728. The number of aromatic nitrogens is 1. The minimum atomic E-state index is -4.35. The first-order valence-electron chi connectivity index (χ1n) is 6.35. The lowest BCUT2D eigenvalue weighted by Gasteiger charge is -2.05. The van der Waals surface area contributed by atoms with Crippen LogP contribution >= 0.6 is 11.5 Å². The third-order valence-electron chi connectivity index (χ3n) is 2.54. The lowest BCUT2D eigenvalue weighted by atomic mass is 10.2. The van der Waals surface area contributed by atoms with E-state index in [1.54, 1.807) is 0 Å². The Hall–Kier alpha value is -2.42. The van der Waals surface area contributed by atoms with Crippen molar-refractivity contribution in [1.82, 2.24) is 4.37 Å². The van der Waals surface area contributed by atoms with E-state index in [9.17, 15) is 22.8 Å². The highest BCUT2D eigenvalue weighted by molar-refractivity contribution is 7.10. The number of amides is 1. The number of carbonyl (C=O) groups excluding carboxylic acids is 2. The first kappa shape index (κ1) is 16.9. The quantitative estimate of drug-likeness (QED) is 0.682. The molecule has 2 aromatic rings. The number of halogens is 3. The van der Waals surface area contributed by atoms with E-state index >= 15 is 0 Å². The molecule has 0 radical (unpaired) electrons. The molecule has 0 saturated carbocycles. The summed E-state index contributed by atoms with van der Waals surface area (Å²) < 4.78 is 45.3. The van der Waals surface area contributed by atoms with Gasteiger partial charge in [-0.05, 0) is 35.8 Å². The maximum atomic E-state index is 12.3. The van der Waals surface area contributed by atoms with Crippen molar-refractivity contribution in [3.05, 3.63) is 41.6 Å². The Kier molecular flexibility index (Phi) is 4.99. The monoisotopic (exact) mass is 344 g/mol. The number of hydrogen-bond acceptors (Lipinski definition) is 5. The van der Waals surface area contributed by atoms with Gasteiger partial charge >= 0.3 is 12.1 Å². The van der Waals surface area contributed by atoms with Crippen LogP contribution in [0.5, 0.6) is 5.75 Å². The van der Waals surface area contributed by atoms with E-state index in [1.165, 1.54) is 37.3 Å². The molecule has 122 valence electrons. The zero-order chi connectivity index (χ0) is 17.0. The maximum Gasteiger partial charge on any atom is 0.394 e. The standard InChI is InChI=1S/C14H11F3N2O3S/c1-8(20)22-11-4-2-3-9(5-11)13(21)18-12-6-10(19-23-12)7-14(15,16)17/h2-6H,7H2,1H3,(H,18,21). The predicted molar refractivity (Wildman–Crippen MR) is 77.6 cm³/mol. The molecule has 1 heterocycles. The van der Waals surface area contributed by atoms with Gasteiger partial charge in [0.25, 0.3) is 5.91 Å². The van der Waals surface area contributed by atoms with Gasteiger partial charge in [0.2, 0.25) is 0 Å². The average molecular weight is 344 g/mol. The van der Waals surface area contributed by atoms with Crippen molar-refractivity contribution in [2.24, 2.45) is 0 Å². The summed E-state index contributed by atoms with van der Waals surface area (Å²) in [6.45, 7) is 1.23. The molecule has 1 N–H and O–H groups in total. The van der Waals surface area contributed by atoms with Crippen molar-refractivity contribution in [3.63, 3.8) is 0 Å². The van der Waals surface area contributed by atoms with Gasteiger partial charge in [0.15, 0.2) is 0 Å². The minimum absolute atomic E-state index is 0.161. The molecular weight excluding hydrogens is 333 g/mol. The van der Waals surface area contributed by atoms with Gasteiger partial charge < -0.3 is 10.1 Å². The first-order chi connectivity index (χ1) is 10.7. The van der Waals surface area contributed by atoms with E-state index in [2.05, 4.69) is 9.69 Å². The van der Waals surface area contributed by atoms with Gasteiger partial charge in [0.05, 0.1) is 12.1 Å². The molecule has 9 heteroatoms. The van der Waals surface area contributed by atoms with Gasteiger partial charge in [-0.1, -0.05) is 6.07 Å².